The van der Waals surface area contributed by atoms with Crippen LogP contribution in [0.25, 0.3) is 0 Å². The molecular formula is C18H18ClNO3S. The summed E-state index contributed by atoms with van der Waals surface area (Å²) < 4.78 is 4.96. The number of hydrogen-bond donors (Lipinski definition) is 1. The summed E-state index contributed by atoms with van der Waals surface area (Å²) in [5.74, 6) is -0.0144. The van der Waals surface area contributed by atoms with Crippen LogP contribution in [0.5, 0.6) is 0 Å². The van der Waals surface area contributed by atoms with Crippen LogP contribution in [0, 0.1) is 0 Å². The van der Waals surface area contributed by atoms with Gasteiger partial charge in [-0.15, -0.1) is 11.8 Å². The first-order valence-electron chi connectivity index (χ1n) is 7.53. The summed E-state index contributed by atoms with van der Waals surface area (Å²) in [5.41, 5.74) is 0.256. The Bertz CT molecular complexity index is 679. The monoisotopic (exact) mass is 363 g/mol. The normalized spacial score (nSPS) is 10.2. The summed E-state index contributed by atoms with van der Waals surface area (Å²) in [7, 11) is 0. The van der Waals surface area contributed by atoms with Gasteiger partial charge in [0.2, 0.25) is 0 Å². The number of esters is 1. The van der Waals surface area contributed by atoms with Crippen molar-refractivity contribution in [3.63, 3.8) is 0 Å². The van der Waals surface area contributed by atoms with E-state index in [0.717, 1.165) is 12.2 Å². The number of ether oxygens (including phenoxy) is 1. The molecule has 0 radical (unpaired) electrons. The van der Waals surface area contributed by atoms with E-state index in [-0.39, 0.29) is 18.1 Å². The van der Waals surface area contributed by atoms with Crippen molar-refractivity contribution in [3.05, 3.63) is 65.2 Å². The van der Waals surface area contributed by atoms with Crippen molar-refractivity contribution in [2.24, 2.45) is 0 Å². The van der Waals surface area contributed by atoms with E-state index in [4.69, 9.17) is 16.3 Å². The third-order valence-electron chi connectivity index (χ3n) is 3.08. The molecule has 0 bridgehead atoms. The highest BCUT2D eigenvalue weighted by atomic mass is 35.5. The number of carbonyl (C=O) groups excluding carboxylic acids is 2. The molecule has 0 aliphatic carbocycles. The van der Waals surface area contributed by atoms with E-state index in [1.165, 1.54) is 4.90 Å². The van der Waals surface area contributed by atoms with Gasteiger partial charge in [-0.3, -0.25) is 4.79 Å². The van der Waals surface area contributed by atoms with Crippen LogP contribution in [0.4, 0.5) is 0 Å². The smallest absolute Gasteiger partial charge is 0.340 e. The second-order valence-electron chi connectivity index (χ2n) is 4.92. The van der Waals surface area contributed by atoms with Gasteiger partial charge in [0.05, 0.1) is 10.6 Å². The molecule has 0 aromatic heterocycles. The number of hydrogen-bond acceptors (Lipinski definition) is 4. The second-order valence-corrected chi connectivity index (χ2v) is 6.50. The van der Waals surface area contributed by atoms with Crippen molar-refractivity contribution in [1.29, 1.82) is 0 Å². The fourth-order valence-corrected chi connectivity index (χ4v) is 2.98. The fourth-order valence-electron chi connectivity index (χ4n) is 1.89. The summed E-state index contributed by atoms with van der Waals surface area (Å²) in [4.78, 5) is 24.7. The third kappa shape index (κ3) is 6.26. The number of nitrogens with one attached hydrogen (secondary N) is 1. The van der Waals surface area contributed by atoms with Gasteiger partial charge in [-0.1, -0.05) is 41.9 Å². The molecule has 0 aliphatic heterocycles. The first-order valence-corrected chi connectivity index (χ1v) is 8.89. The quantitative estimate of drug-likeness (QED) is 0.440. The minimum Gasteiger partial charge on any atom is -0.452 e. The molecule has 0 unspecified atom stereocenters. The topological polar surface area (TPSA) is 55.4 Å². The molecule has 0 atom stereocenters. The lowest BCUT2D eigenvalue weighted by Gasteiger charge is -2.07. The molecule has 0 saturated heterocycles. The van der Waals surface area contributed by atoms with Crippen LogP contribution in [0.1, 0.15) is 16.8 Å². The number of benzene rings is 2. The van der Waals surface area contributed by atoms with Gasteiger partial charge in [-0.25, -0.2) is 4.79 Å². The zero-order valence-electron chi connectivity index (χ0n) is 13.0. The molecule has 0 heterocycles. The van der Waals surface area contributed by atoms with E-state index in [9.17, 15) is 9.59 Å². The maximum absolute atomic E-state index is 11.8. The van der Waals surface area contributed by atoms with Crippen molar-refractivity contribution >= 4 is 35.2 Å². The van der Waals surface area contributed by atoms with Crippen LogP contribution in [0.15, 0.2) is 59.5 Å². The first-order chi connectivity index (χ1) is 11.7. The van der Waals surface area contributed by atoms with Gasteiger partial charge < -0.3 is 10.1 Å². The minimum absolute atomic E-state index is 0.256. The Morgan fingerprint density at radius 1 is 1.04 bits per heavy atom. The predicted octanol–water partition coefficient (Wildman–Crippen LogP) is 3.80. The zero-order valence-corrected chi connectivity index (χ0v) is 14.6. The third-order valence-corrected chi connectivity index (χ3v) is 4.51. The van der Waals surface area contributed by atoms with Crippen LogP contribution < -0.4 is 5.32 Å². The van der Waals surface area contributed by atoms with E-state index in [0.29, 0.717) is 11.6 Å². The molecule has 0 spiro atoms. The average molecular weight is 364 g/mol. The number of carbonyl (C=O) groups is 2. The van der Waals surface area contributed by atoms with Gasteiger partial charge in [-0.05, 0) is 36.4 Å². The molecule has 2 aromatic rings. The highest BCUT2D eigenvalue weighted by molar-refractivity contribution is 7.99. The number of rotatable bonds is 8. The lowest BCUT2D eigenvalue weighted by atomic mass is 10.2. The predicted molar refractivity (Wildman–Crippen MR) is 96.5 cm³/mol. The summed E-state index contributed by atoms with van der Waals surface area (Å²) >= 11 is 7.64. The molecule has 6 heteroatoms. The summed E-state index contributed by atoms with van der Waals surface area (Å²) in [6.07, 6.45) is 0.837. The van der Waals surface area contributed by atoms with Gasteiger partial charge >= 0.3 is 5.97 Å². The van der Waals surface area contributed by atoms with Crippen molar-refractivity contribution in [2.45, 2.75) is 11.3 Å². The van der Waals surface area contributed by atoms with E-state index in [1.54, 1.807) is 36.0 Å². The van der Waals surface area contributed by atoms with Crippen LogP contribution in [-0.4, -0.2) is 30.8 Å². The lowest BCUT2D eigenvalue weighted by molar-refractivity contribution is -0.124. The molecule has 0 fully saturated rings. The SMILES string of the molecule is O=C(COC(=O)c1ccccc1Cl)NCCCSc1ccccc1. The Hall–Kier alpha value is -1.98. The molecule has 0 saturated carbocycles. The van der Waals surface area contributed by atoms with E-state index < -0.39 is 5.97 Å². The molecule has 24 heavy (non-hydrogen) atoms. The van der Waals surface area contributed by atoms with Crippen LogP contribution in [0.2, 0.25) is 5.02 Å². The number of halogens is 1. The molecule has 4 nitrogen and oxygen atoms in total. The van der Waals surface area contributed by atoms with Gasteiger partial charge in [0.25, 0.3) is 5.91 Å². The second kappa shape index (κ2) is 10.0. The number of thioether (sulfide) groups is 1. The van der Waals surface area contributed by atoms with Crippen molar-refractivity contribution in [3.8, 4) is 0 Å². The Morgan fingerprint density at radius 3 is 2.50 bits per heavy atom. The highest BCUT2D eigenvalue weighted by Crippen LogP contribution is 2.17. The summed E-state index contributed by atoms with van der Waals surface area (Å²) in [6.45, 7) is 0.234. The maximum Gasteiger partial charge on any atom is 0.340 e. The fraction of sp³-hybridized carbons (Fsp3) is 0.222. The van der Waals surface area contributed by atoms with Gasteiger partial charge in [0.15, 0.2) is 6.61 Å². The lowest BCUT2D eigenvalue weighted by Crippen LogP contribution is -2.29. The molecule has 1 N–H and O–H groups in total. The summed E-state index contributed by atoms with van der Waals surface area (Å²) in [6, 6.07) is 16.6. The van der Waals surface area contributed by atoms with Crippen LogP contribution in [-0.2, 0) is 9.53 Å². The van der Waals surface area contributed by atoms with Gasteiger partial charge in [0.1, 0.15) is 0 Å². The molecule has 126 valence electrons. The van der Waals surface area contributed by atoms with Crippen molar-refractivity contribution < 1.29 is 14.3 Å². The largest absolute Gasteiger partial charge is 0.452 e. The van der Waals surface area contributed by atoms with Gasteiger partial charge in [-0.2, -0.15) is 0 Å². The Labute approximate surface area is 150 Å². The Balaban J connectivity index is 1.60. The standard InChI is InChI=1S/C18H18ClNO3S/c19-16-10-5-4-9-15(16)18(22)23-13-17(21)20-11-6-12-24-14-7-2-1-3-8-14/h1-5,7-10H,6,11-13H2,(H,20,21). The molecule has 0 aliphatic rings. The zero-order chi connectivity index (χ0) is 17.2. The Kier molecular flexibility index (Phi) is 7.65. The highest BCUT2D eigenvalue weighted by Gasteiger charge is 2.12. The van der Waals surface area contributed by atoms with Gasteiger partial charge in [0, 0.05) is 11.4 Å². The van der Waals surface area contributed by atoms with E-state index in [1.807, 2.05) is 18.2 Å². The van der Waals surface area contributed by atoms with Crippen LogP contribution >= 0.6 is 23.4 Å². The van der Waals surface area contributed by atoms with Crippen molar-refractivity contribution in [2.75, 3.05) is 18.9 Å². The maximum atomic E-state index is 11.8. The Morgan fingerprint density at radius 2 is 1.75 bits per heavy atom. The molecule has 2 rings (SSSR count). The molecule has 1 amide bonds. The van der Waals surface area contributed by atoms with E-state index >= 15 is 0 Å². The van der Waals surface area contributed by atoms with Crippen molar-refractivity contribution in [1.82, 2.24) is 5.32 Å². The van der Waals surface area contributed by atoms with Crippen LogP contribution in [0.3, 0.4) is 0 Å². The average Bonchev–Trinajstić information content (AvgIpc) is 2.60. The molecular weight excluding hydrogens is 346 g/mol. The summed E-state index contributed by atoms with van der Waals surface area (Å²) in [5, 5.41) is 3.03. The first kappa shape index (κ1) is 18.4. The number of amides is 1. The van der Waals surface area contributed by atoms with E-state index in [2.05, 4.69) is 17.4 Å². The minimum atomic E-state index is -0.601. The molecule has 2 aromatic carbocycles.